The van der Waals surface area contributed by atoms with Crippen molar-refractivity contribution in [1.29, 1.82) is 0 Å². The van der Waals surface area contributed by atoms with Crippen molar-refractivity contribution >= 4 is 11.8 Å². The molecule has 17 heavy (non-hydrogen) atoms. The minimum absolute atomic E-state index is 0.191. The van der Waals surface area contributed by atoms with Gasteiger partial charge in [-0.05, 0) is 38.2 Å². The second-order valence-electron chi connectivity index (χ2n) is 3.66. The lowest BCUT2D eigenvalue weighted by Gasteiger charge is -2.05. The van der Waals surface area contributed by atoms with E-state index in [0.717, 1.165) is 13.0 Å². The zero-order valence-electron chi connectivity index (χ0n) is 9.82. The van der Waals surface area contributed by atoms with Gasteiger partial charge in [0.1, 0.15) is 0 Å². The van der Waals surface area contributed by atoms with Crippen LogP contribution in [0.3, 0.4) is 0 Å². The zero-order chi connectivity index (χ0) is 12.7. The van der Waals surface area contributed by atoms with E-state index in [0.29, 0.717) is 17.7 Å². The van der Waals surface area contributed by atoms with Crippen LogP contribution in [0, 0.1) is 0 Å². The number of carbonyl (C=O) groups is 2. The molecule has 5 nitrogen and oxygen atoms in total. The molecule has 0 aliphatic carbocycles. The normalized spacial score (nSPS) is 9.94. The number of benzene rings is 1. The second-order valence-corrected chi connectivity index (χ2v) is 3.66. The van der Waals surface area contributed by atoms with E-state index in [1.165, 1.54) is 6.07 Å². The van der Waals surface area contributed by atoms with Crippen molar-refractivity contribution in [3.05, 3.63) is 35.4 Å². The van der Waals surface area contributed by atoms with Crippen LogP contribution in [0.5, 0.6) is 0 Å². The molecule has 0 bridgehead atoms. The number of rotatable bonds is 6. The van der Waals surface area contributed by atoms with Gasteiger partial charge in [-0.1, -0.05) is 6.07 Å². The lowest BCUT2D eigenvalue weighted by molar-refractivity contribution is 0.0953. The molecule has 0 aliphatic rings. The van der Waals surface area contributed by atoms with E-state index in [-0.39, 0.29) is 5.91 Å². The molecule has 0 radical (unpaired) electrons. The molecular formula is C12H17N3O2. The predicted octanol–water partition coefficient (Wildman–Crippen LogP) is 0.125. The first kappa shape index (κ1) is 13.2. The fraction of sp³-hybridized carbons (Fsp3) is 0.333. The van der Waals surface area contributed by atoms with Crippen molar-refractivity contribution < 1.29 is 9.59 Å². The highest BCUT2D eigenvalue weighted by atomic mass is 16.2. The predicted molar refractivity (Wildman–Crippen MR) is 65.8 cm³/mol. The van der Waals surface area contributed by atoms with Gasteiger partial charge < -0.3 is 16.4 Å². The number of carbonyl (C=O) groups excluding carboxylic acids is 2. The smallest absolute Gasteiger partial charge is 0.251 e. The Bertz CT molecular complexity index is 404. The van der Waals surface area contributed by atoms with Crippen LogP contribution in [0.4, 0.5) is 0 Å². The molecule has 0 aliphatic heterocycles. The van der Waals surface area contributed by atoms with Gasteiger partial charge in [0.05, 0.1) is 0 Å². The Morgan fingerprint density at radius 1 is 1.24 bits per heavy atom. The topological polar surface area (TPSA) is 84.2 Å². The first-order chi connectivity index (χ1) is 8.15. The highest BCUT2D eigenvalue weighted by molar-refractivity contribution is 5.99. The van der Waals surface area contributed by atoms with Gasteiger partial charge in [-0.2, -0.15) is 0 Å². The average molecular weight is 235 g/mol. The molecule has 0 fully saturated rings. The fourth-order valence-electron chi connectivity index (χ4n) is 1.38. The average Bonchev–Trinajstić information content (AvgIpc) is 2.34. The van der Waals surface area contributed by atoms with Crippen molar-refractivity contribution in [2.75, 3.05) is 20.1 Å². The molecule has 4 N–H and O–H groups in total. The molecule has 5 heteroatoms. The lowest BCUT2D eigenvalue weighted by Crippen LogP contribution is -2.26. The third kappa shape index (κ3) is 4.24. The van der Waals surface area contributed by atoms with E-state index in [4.69, 9.17) is 5.73 Å². The van der Waals surface area contributed by atoms with Gasteiger partial charge in [0.15, 0.2) is 0 Å². The standard InChI is InChI=1S/C12H17N3O2/c1-14-6-3-7-15-12(17)10-5-2-4-9(8-10)11(13)16/h2,4-5,8,14H,3,6-7H2,1H3,(H2,13,16)(H,15,17). The fourth-order valence-corrected chi connectivity index (χ4v) is 1.38. The van der Waals surface area contributed by atoms with Gasteiger partial charge in [0.2, 0.25) is 5.91 Å². The third-order valence-corrected chi connectivity index (χ3v) is 2.30. The molecule has 0 saturated carbocycles. The number of nitrogens with two attached hydrogens (primary N) is 1. The highest BCUT2D eigenvalue weighted by Gasteiger charge is 2.07. The summed E-state index contributed by atoms with van der Waals surface area (Å²) in [5, 5.41) is 5.76. The largest absolute Gasteiger partial charge is 0.366 e. The Hall–Kier alpha value is -1.88. The molecule has 1 aromatic carbocycles. The van der Waals surface area contributed by atoms with Crippen LogP contribution >= 0.6 is 0 Å². The summed E-state index contributed by atoms with van der Waals surface area (Å²) in [5.41, 5.74) is 5.93. The summed E-state index contributed by atoms with van der Waals surface area (Å²) < 4.78 is 0. The van der Waals surface area contributed by atoms with Crippen LogP contribution in [0.2, 0.25) is 0 Å². The summed E-state index contributed by atoms with van der Waals surface area (Å²) in [6, 6.07) is 6.37. The van der Waals surface area contributed by atoms with Gasteiger partial charge >= 0.3 is 0 Å². The Morgan fingerprint density at radius 2 is 1.94 bits per heavy atom. The summed E-state index contributed by atoms with van der Waals surface area (Å²) in [6.45, 7) is 1.45. The molecule has 0 unspecified atom stereocenters. The van der Waals surface area contributed by atoms with Gasteiger partial charge in [-0.25, -0.2) is 0 Å². The summed E-state index contributed by atoms with van der Waals surface area (Å²) in [4.78, 5) is 22.7. The quantitative estimate of drug-likeness (QED) is 0.612. The van der Waals surface area contributed by atoms with Crippen LogP contribution in [0.25, 0.3) is 0 Å². The van der Waals surface area contributed by atoms with Gasteiger partial charge in [-0.15, -0.1) is 0 Å². The van der Waals surface area contributed by atoms with Crippen molar-refractivity contribution in [2.45, 2.75) is 6.42 Å². The Kier molecular flexibility index (Phi) is 5.16. The molecule has 0 spiro atoms. The molecule has 0 heterocycles. The monoisotopic (exact) mass is 235 g/mol. The number of primary amides is 1. The molecule has 0 atom stereocenters. The van der Waals surface area contributed by atoms with Gasteiger partial charge in [0, 0.05) is 17.7 Å². The first-order valence-corrected chi connectivity index (χ1v) is 5.48. The van der Waals surface area contributed by atoms with Gasteiger partial charge in [0.25, 0.3) is 5.91 Å². The highest BCUT2D eigenvalue weighted by Crippen LogP contribution is 2.04. The number of hydrogen-bond acceptors (Lipinski definition) is 3. The Morgan fingerprint density at radius 3 is 2.59 bits per heavy atom. The maximum Gasteiger partial charge on any atom is 0.251 e. The van der Waals surface area contributed by atoms with E-state index < -0.39 is 5.91 Å². The van der Waals surface area contributed by atoms with Crippen LogP contribution in [0.15, 0.2) is 24.3 Å². The maximum absolute atomic E-state index is 11.7. The minimum atomic E-state index is -0.533. The zero-order valence-corrected chi connectivity index (χ0v) is 9.82. The maximum atomic E-state index is 11.7. The van der Waals surface area contributed by atoms with Crippen LogP contribution in [0.1, 0.15) is 27.1 Å². The molecule has 0 saturated heterocycles. The van der Waals surface area contributed by atoms with Crippen LogP contribution < -0.4 is 16.4 Å². The van der Waals surface area contributed by atoms with Crippen LogP contribution in [-0.4, -0.2) is 32.0 Å². The lowest BCUT2D eigenvalue weighted by atomic mass is 10.1. The first-order valence-electron chi connectivity index (χ1n) is 5.48. The number of nitrogens with one attached hydrogen (secondary N) is 2. The number of amides is 2. The SMILES string of the molecule is CNCCCNC(=O)c1cccc(C(N)=O)c1. The van der Waals surface area contributed by atoms with E-state index >= 15 is 0 Å². The molecule has 0 aromatic heterocycles. The summed E-state index contributed by atoms with van der Waals surface area (Å²) in [6.07, 6.45) is 0.859. The van der Waals surface area contributed by atoms with E-state index in [1.54, 1.807) is 18.2 Å². The van der Waals surface area contributed by atoms with Crippen LogP contribution in [-0.2, 0) is 0 Å². The molecular weight excluding hydrogens is 218 g/mol. The van der Waals surface area contributed by atoms with Gasteiger partial charge in [-0.3, -0.25) is 9.59 Å². The molecule has 92 valence electrons. The van der Waals surface area contributed by atoms with Crippen molar-refractivity contribution in [3.63, 3.8) is 0 Å². The van der Waals surface area contributed by atoms with Crippen molar-refractivity contribution in [1.82, 2.24) is 10.6 Å². The van der Waals surface area contributed by atoms with E-state index in [9.17, 15) is 9.59 Å². The Balaban J connectivity index is 2.56. The summed E-state index contributed by atoms with van der Waals surface area (Å²) >= 11 is 0. The molecule has 2 amide bonds. The number of hydrogen-bond donors (Lipinski definition) is 3. The minimum Gasteiger partial charge on any atom is -0.366 e. The Labute approximate surface area is 100 Å². The summed E-state index contributed by atoms with van der Waals surface area (Å²) in [5.74, 6) is -0.723. The van der Waals surface area contributed by atoms with E-state index in [2.05, 4.69) is 10.6 Å². The van der Waals surface area contributed by atoms with Crippen molar-refractivity contribution in [2.24, 2.45) is 5.73 Å². The van der Waals surface area contributed by atoms with Crippen molar-refractivity contribution in [3.8, 4) is 0 Å². The summed E-state index contributed by atoms with van der Waals surface area (Å²) in [7, 11) is 1.86. The molecule has 1 rings (SSSR count). The van der Waals surface area contributed by atoms with E-state index in [1.807, 2.05) is 7.05 Å². The second kappa shape index (κ2) is 6.65. The third-order valence-electron chi connectivity index (χ3n) is 2.30. The molecule has 1 aromatic rings.